The zero-order valence-electron chi connectivity index (χ0n) is 37.3. The number of hydrogen-bond donors (Lipinski definition) is 0. The Kier molecular flexibility index (Phi) is 8.73. The fourth-order valence-electron chi connectivity index (χ4n) is 11.2. The molecular weight excluding hydrogens is 841 g/mol. The minimum Gasteiger partial charge on any atom is -0.456 e. The second kappa shape index (κ2) is 15.4. The molecule has 0 N–H and O–H groups in total. The van der Waals surface area contributed by atoms with Gasteiger partial charge in [-0.1, -0.05) is 200 Å². The van der Waals surface area contributed by atoms with Crippen molar-refractivity contribution in [2.24, 2.45) is 0 Å². The van der Waals surface area contributed by atoms with Crippen LogP contribution < -0.4 is 0 Å². The summed E-state index contributed by atoms with van der Waals surface area (Å²) >= 11 is 0. The predicted molar refractivity (Wildman–Crippen MR) is 280 cm³/mol. The van der Waals surface area contributed by atoms with Gasteiger partial charge in [0.05, 0.1) is 22.1 Å². The SMILES string of the molecule is c1ccc(-c2nc(-c3ccccc3)nc(-c3cccc4oc5ccc(-c6ccc7c(c6)c6ccccc6n7-c6cccc7c6C(c6ccccc6)(c6ccccc6)c6ccccc6-7)cc5c34)n2)cc1. The van der Waals surface area contributed by atoms with Crippen LogP contribution in [0.15, 0.2) is 247 Å². The Hall–Kier alpha value is -9.19. The molecule has 0 radical (unpaired) electrons. The Labute approximate surface area is 398 Å². The van der Waals surface area contributed by atoms with E-state index in [0.717, 1.165) is 60.8 Å². The van der Waals surface area contributed by atoms with E-state index in [0.29, 0.717) is 17.5 Å². The molecule has 1 aliphatic rings. The van der Waals surface area contributed by atoms with Crippen molar-refractivity contribution < 1.29 is 4.42 Å². The van der Waals surface area contributed by atoms with E-state index in [2.05, 4.69) is 174 Å². The van der Waals surface area contributed by atoms with Gasteiger partial charge < -0.3 is 8.98 Å². The molecule has 0 atom stereocenters. The fraction of sp³-hybridized carbons (Fsp3) is 0.0156. The van der Waals surface area contributed by atoms with Gasteiger partial charge in [-0.15, -0.1) is 0 Å². The largest absolute Gasteiger partial charge is 0.456 e. The molecule has 14 rings (SSSR count). The standard InChI is InChI=1S/C64H40N4O/c1-5-19-41(20-6-1)61-65-62(42-21-7-2-8-22-42)67-63(66-61)50-30-18-34-58-59(50)52-40-44(36-38-57(52)69-58)43-35-37-55-51(39-43)48-28-14-16-32-54(48)68(55)56-33-17-29-49-47-27-13-15-31-53(47)64(60(49)56,45-23-9-3-10-24-45)46-25-11-4-12-26-46/h1-40H. The summed E-state index contributed by atoms with van der Waals surface area (Å²) < 4.78 is 9.08. The van der Waals surface area contributed by atoms with E-state index >= 15 is 0 Å². The van der Waals surface area contributed by atoms with Crippen molar-refractivity contribution >= 4 is 43.7 Å². The van der Waals surface area contributed by atoms with Crippen LogP contribution in [0.3, 0.4) is 0 Å². The Morgan fingerprint density at radius 1 is 0.348 bits per heavy atom. The zero-order chi connectivity index (χ0) is 45.5. The van der Waals surface area contributed by atoms with Crippen molar-refractivity contribution in [3.63, 3.8) is 0 Å². The molecule has 3 aromatic heterocycles. The van der Waals surface area contributed by atoms with Gasteiger partial charge in [-0.3, -0.25) is 0 Å². The first-order valence-corrected chi connectivity index (χ1v) is 23.4. The van der Waals surface area contributed by atoms with Gasteiger partial charge in [0.2, 0.25) is 0 Å². The molecule has 0 saturated carbocycles. The van der Waals surface area contributed by atoms with E-state index in [-0.39, 0.29) is 0 Å². The molecule has 322 valence electrons. The molecule has 0 saturated heterocycles. The second-order valence-electron chi connectivity index (χ2n) is 17.8. The molecule has 0 spiro atoms. The second-order valence-corrected chi connectivity index (χ2v) is 17.8. The smallest absolute Gasteiger partial charge is 0.164 e. The van der Waals surface area contributed by atoms with Gasteiger partial charge in [-0.2, -0.15) is 0 Å². The van der Waals surface area contributed by atoms with Crippen molar-refractivity contribution in [1.29, 1.82) is 0 Å². The van der Waals surface area contributed by atoms with Crippen molar-refractivity contribution in [3.05, 3.63) is 265 Å². The lowest BCUT2D eigenvalue weighted by atomic mass is 9.67. The average molecular weight is 881 g/mol. The highest BCUT2D eigenvalue weighted by Gasteiger charge is 2.48. The first kappa shape index (κ1) is 39.0. The third-order valence-electron chi connectivity index (χ3n) is 14.1. The van der Waals surface area contributed by atoms with E-state index in [1.165, 1.54) is 49.8 Å². The van der Waals surface area contributed by atoms with Gasteiger partial charge in [-0.25, -0.2) is 15.0 Å². The molecular formula is C64H40N4O. The molecule has 5 nitrogen and oxygen atoms in total. The van der Waals surface area contributed by atoms with E-state index in [1.807, 2.05) is 72.8 Å². The number of nitrogens with zero attached hydrogens (tertiary/aromatic N) is 4. The number of benzene rings is 10. The van der Waals surface area contributed by atoms with Gasteiger partial charge in [0, 0.05) is 43.8 Å². The molecule has 10 aromatic carbocycles. The van der Waals surface area contributed by atoms with Gasteiger partial charge in [0.25, 0.3) is 0 Å². The number of furan rings is 1. The predicted octanol–water partition coefficient (Wildman–Crippen LogP) is 15.9. The summed E-state index contributed by atoms with van der Waals surface area (Å²) in [4.78, 5) is 15.2. The lowest BCUT2D eigenvalue weighted by molar-refractivity contribution is 0.669. The van der Waals surface area contributed by atoms with Gasteiger partial charge in [-0.05, 0) is 81.4 Å². The van der Waals surface area contributed by atoms with Crippen LogP contribution in [0.2, 0.25) is 0 Å². The van der Waals surface area contributed by atoms with E-state index in [1.54, 1.807) is 0 Å². The van der Waals surface area contributed by atoms with Crippen molar-refractivity contribution in [2.75, 3.05) is 0 Å². The normalized spacial score (nSPS) is 12.8. The zero-order valence-corrected chi connectivity index (χ0v) is 37.3. The lowest BCUT2D eigenvalue weighted by Crippen LogP contribution is -2.29. The maximum absolute atomic E-state index is 6.58. The summed E-state index contributed by atoms with van der Waals surface area (Å²) in [5.41, 5.74) is 17.0. The Morgan fingerprint density at radius 2 is 0.884 bits per heavy atom. The average Bonchev–Trinajstić information content (AvgIpc) is 4.08. The summed E-state index contributed by atoms with van der Waals surface area (Å²) in [6.45, 7) is 0. The molecule has 13 aromatic rings. The Bertz CT molecular complexity index is 4020. The monoisotopic (exact) mass is 880 g/mol. The molecule has 0 bridgehead atoms. The summed E-state index contributed by atoms with van der Waals surface area (Å²) in [6, 6.07) is 86.6. The highest BCUT2D eigenvalue weighted by atomic mass is 16.3. The van der Waals surface area contributed by atoms with Crippen LogP contribution in [0, 0.1) is 0 Å². The highest BCUT2D eigenvalue weighted by molar-refractivity contribution is 6.14. The summed E-state index contributed by atoms with van der Waals surface area (Å²) in [5, 5.41) is 4.35. The van der Waals surface area contributed by atoms with Gasteiger partial charge in [0.15, 0.2) is 17.5 Å². The number of hydrogen-bond acceptors (Lipinski definition) is 4. The molecule has 0 unspecified atom stereocenters. The van der Waals surface area contributed by atoms with Gasteiger partial charge in [0.1, 0.15) is 11.2 Å². The summed E-state index contributed by atoms with van der Waals surface area (Å²) in [5.74, 6) is 1.83. The maximum Gasteiger partial charge on any atom is 0.164 e. The quantitative estimate of drug-likeness (QED) is 0.160. The van der Waals surface area contributed by atoms with Crippen LogP contribution in [-0.2, 0) is 5.41 Å². The minimum atomic E-state index is -0.558. The van der Waals surface area contributed by atoms with Crippen LogP contribution in [0.4, 0.5) is 0 Å². The van der Waals surface area contributed by atoms with E-state index in [9.17, 15) is 0 Å². The first-order valence-electron chi connectivity index (χ1n) is 23.4. The van der Waals surface area contributed by atoms with Crippen LogP contribution >= 0.6 is 0 Å². The fourth-order valence-corrected chi connectivity index (χ4v) is 11.2. The Balaban J connectivity index is 0.961. The number of rotatable bonds is 7. The minimum absolute atomic E-state index is 0.558. The third-order valence-corrected chi connectivity index (χ3v) is 14.1. The topological polar surface area (TPSA) is 56.7 Å². The number of fused-ring (bicyclic) bond motifs is 9. The van der Waals surface area contributed by atoms with Crippen LogP contribution in [0.5, 0.6) is 0 Å². The molecule has 3 heterocycles. The van der Waals surface area contributed by atoms with Crippen LogP contribution in [0.25, 0.3) is 106 Å². The highest BCUT2D eigenvalue weighted by Crippen LogP contribution is 2.58. The van der Waals surface area contributed by atoms with Crippen LogP contribution in [0.1, 0.15) is 22.3 Å². The molecule has 1 aliphatic carbocycles. The van der Waals surface area contributed by atoms with Crippen molar-refractivity contribution in [2.45, 2.75) is 5.41 Å². The molecule has 0 aliphatic heterocycles. The van der Waals surface area contributed by atoms with Crippen LogP contribution in [-0.4, -0.2) is 19.5 Å². The van der Waals surface area contributed by atoms with Crippen molar-refractivity contribution in [1.82, 2.24) is 19.5 Å². The number of para-hydroxylation sites is 1. The maximum atomic E-state index is 6.58. The molecule has 0 fully saturated rings. The van der Waals surface area contributed by atoms with E-state index < -0.39 is 5.41 Å². The first-order chi connectivity index (χ1) is 34.2. The summed E-state index contributed by atoms with van der Waals surface area (Å²) in [7, 11) is 0. The molecule has 69 heavy (non-hydrogen) atoms. The van der Waals surface area contributed by atoms with E-state index in [4.69, 9.17) is 19.4 Å². The van der Waals surface area contributed by atoms with Gasteiger partial charge >= 0.3 is 0 Å². The third kappa shape index (κ3) is 5.94. The lowest BCUT2D eigenvalue weighted by Gasteiger charge is -2.35. The van der Waals surface area contributed by atoms with Crippen molar-refractivity contribution in [3.8, 4) is 62.1 Å². The molecule has 5 heteroatoms. The molecule has 0 amide bonds. The number of aromatic nitrogens is 4. The summed E-state index contributed by atoms with van der Waals surface area (Å²) in [6.07, 6.45) is 0. The Morgan fingerprint density at radius 3 is 1.59 bits per heavy atom.